The third kappa shape index (κ3) is 7.62. The summed E-state index contributed by atoms with van der Waals surface area (Å²) < 4.78 is 16.6. The summed E-state index contributed by atoms with van der Waals surface area (Å²) in [6.07, 6.45) is 2.68. The van der Waals surface area contributed by atoms with Gasteiger partial charge in [-0.3, -0.25) is 4.99 Å². The summed E-state index contributed by atoms with van der Waals surface area (Å²) in [6, 6.07) is 10.1. The normalized spacial score (nSPS) is 11.2. The Morgan fingerprint density at radius 3 is 2.55 bits per heavy atom. The molecule has 1 aromatic carbocycles. The van der Waals surface area contributed by atoms with Crippen molar-refractivity contribution in [2.45, 2.75) is 33.4 Å². The predicted octanol–water partition coefficient (Wildman–Crippen LogP) is 3.07. The van der Waals surface area contributed by atoms with Crippen LogP contribution in [0.3, 0.4) is 0 Å². The lowest BCUT2D eigenvalue weighted by Gasteiger charge is -2.16. The number of hydrogen-bond acceptors (Lipinski definition) is 5. The summed E-state index contributed by atoms with van der Waals surface area (Å²) >= 11 is 0. The first-order chi connectivity index (χ1) is 14.2. The molecule has 0 aliphatic rings. The number of hydrogen-bond donors (Lipinski definition) is 2. The van der Waals surface area contributed by atoms with Crippen LogP contribution in [0.4, 0.5) is 0 Å². The van der Waals surface area contributed by atoms with Crippen molar-refractivity contribution in [1.82, 2.24) is 15.6 Å². The lowest BCUT2D eigenvalue weighted by molar-refractivity contribution is 0.145. The molecule has 0 radical (unpaired) electrons. The van der Waals surface area contributed by atoms with Gasteiger partial charge >= 0.3 is 0 Å². The van der Waals surface area contributed by atoms with Gasteiger partial charge < -0.3 is 24.8 Å². The average Bonchev–Trinajstić information content (AvgIpc) is 2.74. The first-order valence-electron chi connectivity index (χ1n) is 9.90. The first kappa shape index (κ1) is 22.5. The van der Waals surface area contributed by atoms with Crippen molar-refractivity contribution in [3.8, 4) is 11.6 Å². The Hall–Kier alpha value is -2.80. The van der Waals surface area contributed by atoms with E-state index in [-0.39, 0.29) is 0 Å². The molecule has 1 heterocycles. The molecule has 29 heavy (non-hydrogen) atoms. The summed E-state index contributed by atoms with van der Waals surface area (Å²) in [5.41, 5.74) is 3.20. The standard InChI is InChI=1S/C22H32N4O3/c1-5-11-29-21-19(7-6-10-24-21)16-26-22(23-3)25-15-18-9-8-17(2)14-20(18)28-13-12-27-4/h6-10,14H,5,11-13,15-16H2,1-4H3,(H2,23,25,26). The molecule has 2 N–H and O–H groups in total. The van der Waals surface area contributed by atoms with Gasteiger partial charge in [-0.1, -0.05) is 25.1 Å². The van der Waals surface area contributed by atoms with Gasteiger partial charge in [-0.05, 0) is 31.0 Å². The highest BCUT2D eigenvalue weighted by atomic mass is 16.5. The summed E-state index contributed by atoms with van der Waals surface area (Å²) in [5, 5.41) is 6.65. The number of rotatable bonds is 11. The maximum Gasteiger partial charge on any atom is 0.218 e. The molecule has 158 valence electrons. The van der Waals surface area contributed by atoms with Gasteiger partial charge in [0.25, 0.3) is 0 Å². The molecule has 2 aromatic rings. The molecular formula is C22H32N4O3. The Balaban J connectivity index is 1.95. The minimum atomic E-state index is 0.515. The molecule has 7 nitrogen and oxygen atoms in total. The Bertz CT molecular complexity index is 780. The van der Waals surface area contributed by atoms with Gasteiger partial charge in [0.2, 0.25) is 5.88 Å². The quantitative estimate of drug-likeness (QED) is 0.343. The van der Waals surface area contributed by atoms with E-state index in [1.165, 1.54) is 0 Å². The van der Waals surface area contributed by atoms with Crippen molar-refractivity contribution >= 4 is 5.96 Å². The topological polar surface area (TPSA) is 77.0 Å². The molecule has 0 aliphatic carbocycles. The van der Waals surface area contributed by atoms with E-state index in [0.717, 1.165) is 28.9 Å². The number of ether oxygens (including phenoxy) is 3. The average molecular weight is 401 g/mol. The zero-order valence-corrected chi connectivity index (χ0v) is 17.8. The number of pyridine rings is 1. The number of nitrogens with zero attached hydrogens (tertiary/aromatic N) is 2. The number of aryl methyl sites for hydroxylation is 1. The van der Waals surface area contributed by atoms with Crippen LogP contribution < -0.4 is 20.1 Å². The van der Waals surface area contributed by atoms with Crippen molar-refractivity contribution in [1.29, 1.82) is 0 Å². The van der Waals surface area contributed by atoms with Crippen molar-refractivity contribution in [3.63, 3.8) is 0 Å². The second kappa shape index (κ2) is 12.6. The van der Waals surface area contributed by atoms with Crippen LogP contribution in [-0.2, 0) is 17.8 Å². The summed E-state index contributed by atoms with van der Waals surface area (Å²) in [7, 11) is 3.41. The van der Waals surface area contributed by atoms with Gasteiger partial charge in [-0.15, -0.1) is 0 Å². The van der Waals surface area contributed by atoms with Crippen LogP contribution in [0.25, 0.3) is 0 Å². The minimum absolute atomic E-state index is 0.515. The van der Waals surface area contributed by atoms with Crippen LogP contribution in [0.2, 0.25) is 0 Å². The molecule has 0 saturated carbocycles. The van der Waals surface area contributed by atoms with Crippen LogP contribution in [-0.4, -0.2) is 44.9 Å². The monoisotopic (exact) mass is 400 g/mol. The molecule has 0 saturated heterocycles. The number of nitrogens with one attached hydrogen (secondary N) is 2. The Morgan fingerprint density at radius 2 is 1.83 bits per heavy atom. The zero-order valence-electron chi connectivity index (χ0n) is 17.8. The van der Waals surface area contributed by atoms with Gasteiger partial charge in [0.05, 0.1) is 13.2 Å². The molecule has 2 rings (SSSR count). The molecule has 0 fully saturated rings. The van der Waals surface area contributed by atoms with E-state index in [1.54, 1.807) is 20.4 Å². The molecule has 0 aliphatic heterocycles. The van der Waals surface area contributed by atoms with Crippen molar-refractivity contribution < 1.29 is 14.2 Å². The van der Waals surface area contributed by atoms with E-state index in [1.807, 2.05) is 25.1 Å². The maximum absolute atomic E-state index is 5.86. The van der Waals surface area contributed by atoms with Crippen LogP contribution in [0.1, 0.15) is 30.0 Å². The predicted molar refractivity (Wildman–Crippen MR) is 116 cm³/mol. The van der Waals surface area contributed by atoms with Gasteiger partial charge in [0.1, 0.15) is 12.4 Å². The van der Waals surface area contributed by atoms with Gasteiger partial charge in [-0.25, -0.2) is 4.98 Å². The molecular weight excluding hydrogens is 368 g/mol. The van der Waals surface area contributed by atoms with E-state index < -0.39 is 0 Å². The lowest BCUT2D eigenvalue weighted by atomic mass is 10.1. The summed E-state index contributed by atoms with van der Waals surface area (Å²) in [5.74, 6) is 2.20. The van der Waals surface area contributed by atoms with Crippen molar-refractivity contribution in [3.05, 3.63) is 53.2 Å². The zero-order chi connectivity index (χ0) is 20.9. The fourth-order valence-electron chi connectivity index (χ4n) is 2.64. The maximum atomic E-state index is 5.86. The number of benzene rings is 1. The van der Waals surface area contributed by atoms with Crippen LogP contribution in [0, 0.1) is 6.92 Å². The largest absolute Gasteiger partial charge is 0.491 e. The molecule has 1 aromatic heterocycles. The smallest absolute Gasteiger partial charge is 0.218 e. The number of aliphatic imine (C=N–C) groups is 1. The molecule has 0 amide bonds. The second-order valence-corrected chi connectivity index (χ2v) is 6.55. The molecule has 0 spiro atoms. The fourth-order valence-corrected chi connectivity index (χ4v) is 2.64. The Morgan fingerprint density at radius 1 is 1.03 bits per heavy atom. The van der Waals surface area contributed by atoms with Crippen LogP contribution >= 0.6 is 0 Å². The van der Waals surface area contributed by atoms with E-state index in [4.69, 9.17) is 14.2 Å². The van der Waals surface area contributed by atoms with E-state index >= 15 is 0 Å². The third-order valence-electron chi connectivity index (χ3n) is 4.18. The first-order valence-corrected chi connectivity index (χ1v) is 9.90. The Kier molecular flexibility index (Phi) is 9.78. The molecule has 0 unspecified atom stereocenters. The van der Waals surface area contributed by atoms with Gasteiger partial charge in [-0.2, -0.15) is 0 Å². The van der Waals surface area contributed by atoms with E-state index in [9.17, 15) is 0 Å². The van der Waals surface area contributed by atoms with Crippen LogP contribution in [0.15, 0.2) is 41.5 Å². The number of aromatic nitrogens is 1. The van der Waals surface area contributed by atoms with E-state index in [0.29, 0.717) is 44.7 Å². The van der Waals surface area contributed by atoms with E-state index in [2.05, 4.69) is 39.7 Å². The van der Waals surface area contributed by atoms with Crippen molar-refractivity contribution in [2.24, 2.45) is 4.99 Å². The fraction of sp³-hybridized carbons (Fsp3) is 0.455. The lowest BCUT2D eigenvalue weighted by Crippen LogP contribution is -2.36. The third-order valence-corrected chi connectivity index (χ3v) is 4.18. The SMILES string of the molecule is CCCOc1ncccc1CNC(=NC)NCc1ccc(C)cc1OCCOC. The molecule has 7 heteroatoms. The highest BCUT2D eigenvalue weighted by Crippen LogP contribution is 2.20. The number of guanidine groups is 1. The summed E-state index contributed by atoms with van der Waals surface area (Å²) in [4.78, 5) is 8.62. The summed E-state index contributed by atoms with van der Waals surface area (Å²) in [6.45, 7) is 7.00. The second-order valence-electron chi connectivity index (χ2n) is 6.55. The number of methoxy groups -OCH3 is 1. The Labute approximate surface area is 173 Å². The molecule has 0 bridgehead atoms. The molecule has 0 atom stereocenters. The highest BCUT2D eigenvalue weighted by Gasteiger charge is 2.08. The van der Waals surface area contributed by atoms with Gasteiger partial charge in [0.15, 0.2) is 5.96 Å². The van der Waals surface area contributed by atoms with Gasteiger partial charge in [0, 0.05) is 44.6 Å². The highest BCUT2D eigenvalue weighted by molar-refractivity contribution is 5.79. The van der Waals surface area contributed by atoms with Crippen molar-refractivity contribution in [2.75, 3.05) is 34.0 Å². The minimum Gasteiger partial charge on any atom is -0.491 e. The van der Waals surface area contributed by atoms with Crippen LogP contribution in [0.5, 0.6) is 11.6 Å².